The molecule has 14 heavy (non-hydrogen) atoms. The summed E-state index contributed by atoms with van der Waals surface area (Å²) in [5, 5.41) is -0.0498. The highest BCUT2D eigenvalue weighted by molar-refractivity contribution is 6.31. The minimum Gasteiger partial charge on any atom is -0.490 e. The quantitative estimate of drug-likeness (QED) is 0.726. The number of carbonyl (C=O) groups excluding carboxylic acids is 1. The van der Waals surface area contributed by atoms with Gasteiger partial charge in [0.15, 0.2) is 6.29 Å². The fourth-order valence-electron chi connectivity index (χ4n) is 0.992. The molecule has 0 aliphatic carbocycles. The molecule has 0 saturated carbocycles. The van der Waals surface area contributed by atoms with E-state index in [9.17, 15) is 9.18 Å². The van der Waals surface area contributed by atoms with E-state index in [1.54, 1.807) is 0 Å². The SMILES string of the molecule is CC(C)Oc1cc(Cl)c(F)cc1C=O. The van der Waals surface area contributed by atoms with Gasteiger partial charge >= 0.3 is 0 Å². The summed E-state index contributed by atoms with van der Waals surface area (Å²) < 4.78 is 18.2. The second-order valence-corrected chi connectivity index (χ2v) is 3.50. The summed E-state index contributed by atoms with van der Waals surface area (Å²) in [6.45, 7) is 3.62. The van der Waals surface area contributed by atoms with Crippen LogP contribution in [-0.2, 0) is 0 Å². The summed E-state index contributed by atoms with van der Waals surface area (Å²) in [6.07, 6.45) is 0.451. The summed E-state index contributed by atoms with van der Waals surface area (Å²) in [7, 11) is 0. The highest BCUT2D eigenvalue weighted by atomic mass is 35.5. The van der Waals surface area contributed by atoms with Gasteiger partial charge in [0.25, 0.3) is 0 Å². The van der Waals surface area contributed by atoms with Crippen LogP contribution in [0, 0.1) is 5.82 Å². The van der Waals surface area contributed by atoms with Crippen LogP contribution in [0.1, 0.15) is 24.2 Å². The fourth-order valence-corrected chi connectivity index (χ4v) is 1.15. The van der Waals surface area contributed by atoms with E-state index in [-0.39, 0.29) is 16.7 Å². The first-order valence-electron chi connectivity index (χ1n) is 4.15. The molecule has 0 saturated heterocycles. The highest BCUT2D eigenvalue weighted by Crippen LogP contribution is 2.25. The molecule has 0 fully saturated rings. The summed E-state index contributed by atoms with van der Waals surface area (Å²) in [4.78, 5) is 10.6. The average Bonchev–Trinajstić information content (AvgIpc) is 2.10. The number of halogens is 2. The first kappa shape index (κ1) is 11.0. The molecule has 0 aromatic heterocycles. The number of hydrogen-bond acceptors (Lipinski definition) is 2. The molecule has 1 aromatic rings. The number of rotatable bonds is 3. The van der Waals surface area contributed by atoms with E-state index in [4.69, 9.17) is 16.3 Å². The lowest BCUT2D eigenvalue weighted by molar-refractivity contribution is 0.111. The lowest BCUT2D eigenvalue weighted by Crippen LogP contribution is -2.07. The van der Waals surface area contributed by atoms with Crippen molar-refractivity contribution in [2.24, 2.45) is 0 Å². The normalized spacial score (nSPS) is 10.4. The van der Waals surface area contributed by atoms with Gasteiger partial charge in [-0.1, -0.05) is 11.6 Å². The van der Waals surface area contributed by atoms with Crippen molar-refractivity contribution in [1.82, 2.24) is 0 Å². The lowest BCUT2D eigenvalue weighted by atomic mass is 10.2. The molecule has 4 heteroatoms. The van der Waals surface area contributed by atoms with Gasteiger partial charge in [-0.3, -0.25) is 4.79 Å². The zero-order chi connectivity index (χ0) is 10.7. The Morgan fingerprint density at radius 1 is 1.50 bits per heavy atom. The van der Waals surface area contributed by atoms with Crippen LogP contribution in [0.3, 0.4) is 0 Å². The largest absolute Gasteiger partial charge is 0.490 e. The van der Waals surface area contributed by atoms with E-state index >= 15 is 0 Å². The fraction of sp³-hybridized carbons (Fsp3) is 0.300. The first-order valence-corrected chi connectivity index (χ1v) is 4.53. The van der Waals surface area contributed by atoms with Crippen LogP contribution in [0.5, 0.6) is 5.75 Å². The lowest BCUT2D eigenvalue weighted by Gasteiger charge is -2.12. The molecule has 0 unspecified atom stereocenters. The average molecular weight is 217 g/mol. The van der Waals surface area contributed by atoms with Crippen molar-refractivity contribution in [3.63, 3.8) is 0 Å². The van der Waals surface area contributed by atoms with Crippen molar-refractivity contribution in [2.45, 2.75) is 20.0 Å². The third-order valence-corrected chi connectivity index (χ3v) is 1.83. The van der Waals surface area contributed by atoms with Gasteiger partial charge < -0.3 is 4.74 Å². The Hall–Kier alpha value is -1.09. The molecular formula is C10H10ClFO2. The second kappa shape index (κ2) is 4.42. The van der Waals surface area contributed by atoms with Crippen molar-refractivity contribution in [1.29, 1.82) is 0 Å². The van der Waals surface area contributed by atoms with E-state index in [2.05, 4.69) is 0 Å². The smallest absolute Gasteiger partial charge is 0.153 e. The summed E-state index contributed by atoms with van der Waals surface area (Å²) in [5.74, 6) is -0.314. The van der Waals surface area contributed by atoms with Gasteiger partial charge in [0.1, 0.15) is 11.6 Å². The Morgan fingerprint density at radius 3 is 2.64 bits per heavy atom. The molecular weight excluding hydrogens is 207 g/mol. The molecule has 76 valence electrons. The molecule has 0 heterocycles. The zero-order valence-electron chi connectivity index (χ0n) is 7.88. The molecule has 0 spiro atoms. The van der Waals surface area contributed by atoms with Gasteiger partial charge in [0, 0.05) is 6.07 Å². The molecule has 0 atom stereocenters. The molecule has 1 rings (SSSR count). The molecule has 0 aliphatic heterocycles. The predicted octanol–water partition coefficient (Wildman–Crippen LogP) is 3.08. The van der Waals surface area contributed by atoms with E-state index in [1.807, 2.05) is 13.8 Å². The molecule has 2 nitrogen and oxygen atoms in total. The third kappa shape index (κ3) is 2.45. The predicted molar refractivity (Wildman–Crippen MR) is 52.6 cm³/mol. The van der Waals surface area contributed by atoms with Gasteiger partial charge in [-0.05, 0) is 19.9 Å². The van der Waals surface area contributed by atoms with Gasteiger partial charge in [0.2, 0.25) is 0 Å². The van der Waals surface area contributed by atoms with E-state index in [1.165, 1.54) is 6.07 Å². The van der Waals surface area contributed by atoms with Crippen molar-refractivity contribution in [3.8, 4) is 5.75 Å². The number of benzene rings is 1. The Kier molecular flexibility index (Phi) is 3.47. The van der Waals surface area contributed by atoms with Crippen molar-refractivity contribution < 1.29 is 13.9 Å². The molecule has 0 radical (unpaired) electrons. The van der Waals surface area contributed by atoms with Crippen LogP contribution in [0.4, 0.5) is 4.39 Å². The second-order valence-electron chi connectivity index (χ2n) is 3.09. The van der Waals surface area contributed by atoms with E-state index in [0.29, 0.717) is 12.0 Å². The van der Waals surface area contributed by atoms with Gasteiger partial charge in [-0.25, -0.2) is 4.39 Å². The van der Waals surface area contributed by atoms with Crippen molar-refractivity contribution >= 4 is 17.9 Å². The third-order valence-electron chi connectivity index (χ3n) is 1.54. The topological polar surface area (TPSA) is 26.3 Å². The number of aldehydes is 1. The van der Waals surface area contributed by atoms with Crippen molar-refractivity contribution in [2.75, 3.05) is 0 Å². The number of carbonyl (C=O) groups is 1. The minimum absolute atomic E-state index is 0.0498. The van der Waals surface area contributed by atoms with Crippen LogP contribution in [0.25, 0.3) is 0 Å². The van der Waals surface area contributed by atoms with Crippen LogP contribution in [0.2, 0.25) is 5.02 Å². The van der Waals surface area contributed by atoms with Crippen LogP contribution < -0.4 is 4.74 Å². The summed E-state index contributed by atoms with van der Waals surface area (Å²) in [6, 6.07) is 2.37. The number of ether oxygens (including phenoxy) is 1. The monoisotopic (exact) mass is 216 g/mol. The van der Waals surface area contributed by atoms with E-state index < -0.39 is 5.82 Å². The zero-order valence-corrected chi connectivity index (χ0v) is 8.64. The summed E-state index contributed by atoms with van der Waals surface area (Å²) >= 11 is 5.56. The summed E-state index contributed by atoms with van der Waals surface area (Å²) in [5.41, 5.74) is 0.167. The molecule has 1 aromatic carbocycles. The maximum Gasteiger partial charge on any atom is 0.153 e. The maximum absolute atomic E-state index is 12.9. The molecule has 0 aliphatic rings. The first-order chi connectivity index (χ1) is 6.54. The maximum atomic E-state index is 12.9. The Bertz CT molecular complexity index is 350. The molecule has 0 N–H and O–H groups in total. The molecule has 0 bridgehead atoms. The van der Waals surface area contributed by atoms with Crippen LogP contribution in [-0.4, -0.2) is 12.4 Å². The standard InChI is InChI=1S/C10H10ClFO2/c1-6(2)14-10-4-8(11)9(12)3-7(10)5-13/h3-6H,1-2H3. The minimum atomic E-state index is -0.620. The van der Waals surface area contributed by atoms with Gasteiger partial charge in [0.05, 0.1) is 16.7 Å². The Balaban J connectivity index is 3.13. The van der Waals surface area contributed by atoms with Gasteiger partial charge in [-0.2, -0.15) is 0 Å². The number of hydrogen-bond donors (Lipinski definition) is 0. The molecule has 0 amide bonds. The van der Waals surface area contributed by atoms with Gasteiger partial charge in [-0.15, -0.1) is 0 Å². The Morgan fingerprint density at radius 2 is 2.14 bits per heavy atom. The highest BCUT2D eigenvalue weighted by Gasteiger charge is 2.10. The van der Waals surface area contributed by atoms with Crippen LogP contribution >= 0.6 is 11.6 Å². The van der Waals surface area contributed by atoms with E-state index in [0.717, 1.165) is 6.07 Å². The van der Waals surface area contributed by atoms with Crippen LogP contribution in [0.15, 0.2) is 12.1 Å². The Labute approximate surface area is 86.6 Å². The van der Waals surface area contributed by atoms with Crippen molar-refractivity contribution in [3.05, 3.63) is 28.5 Å².